The molecule has 17 heavy (non-hydrogen) atoms. The van der Waals surface area contributed by atoms with Gasteiger partial charge < -0.3 is 15.3 Å². The highest BCUT2D eigenvalue weighted by atomic mass is 79.9. The Labute approximate surface area is 110 Å². The second-order valence-electron chi connectivity index (χ2n) is 4.16. The van der Waals surface area contributed by atoms with Crippen molar-refractivity contribution in [3.05, 3.63) is 34.1 Å². The Morgan fingerprint density at radius 1 is 1.47 bits per heavy atom. The molecule has 96 valence electrons. The molecule has 0 saturated carbocycles. The van der Waals surface area contributed by atoms with Crippen molar-refractivity contribution in [2.24, 2.45) is 0 Å². The second-order valence-corrected chi connectivity index (χ2v) is 5.07. The van der Waals surface area contributed by atoms with Crippen LogP contribution in [0, 0.1) is 5.82 Å². The summed E-state index contributed by atoms with van der Waals surface area (Å²) in [6.07, 6.45) is 0. The first kappa shape index (κ1) is 14.6. The molecule has 1 unspecified atom stereocenters. The Hall–Kier alpha value is -0.490. The molecule has 0 amide bonds. The summed E-state index contributed by atoms with van der Waals surface area (Å²) in [5.41, 5.74) is 0.487. The number of hydrogen-bond acceptors (Lipinski definition) is 3. The largest absolute Gasteiger partial charge is 0.394 e. The quantitative estimate of drug-likeness (QED) is 0.841. The lowest BCUT2D eigenvalue weighted by molar-refractivity contribution is 0.237. The first-order chi connectivity index (χ1) is 8.04. The van der Waals surface area contributed by atoms with Crippen molar-refractivity contribution in [3.63, 3.8) is 0 Å². The van der Waals surface area contributed by atoms with Crippen LogP contribution in [0.3, 0.4) is 0 Å². The van der Waals surface area contributed by atoms with Gasteiger partial charge in [0.15, 0.2) is 0 Å². The minimum Gasteiger partial charge on any atom is -0.394 e. The summed E-state index contributed by atoms with van der Waals surface area (Å²) in [7, 11) is 3.94. The highest BCUT2D eigenvalue weighted by molar-refractivity contribution is 9.10. The van der Waals surface area contributed by atoms with Crippen LogP contribution < -0.4 is 5.32 Å². The molecular formula is C12H18BrFN2O. The van der Waals surface area contributed by atoms with Gasteiger partial charge in [-0.3, -0.25) is 0 Å². The van der Waals surface area contributed by atoms with Gasteiger partial charge in [0.1, 0.15) is 5.82 Å². The number of aliphatic hydroxyl groups excluding tert-OH is 1. The number of nitrogens with zero attached hydrogens (tertiary/aromatic N) is 1. The Kier molecular flexibility index (Phi) is 6.05. The minimum atomic E-state index is -0.368. The minimum absolute atomic E-state index is 0.124. The normalized spacial score (nSPS) is 13.1. The van der Waals surface area contributed by atoms with Gasteiger partial charge in [0.25, 0.3) is 0 Å². The molecule has 0 aliphatic heterocycles. The van der Waals surface area contributed by atoms with Crippen LogP contribution in [0.25, 0.3) is 0 Å². The maximum Gasteiger partial charge on any atom is 0.128 e. The van der Waals surface area contributed by atoms with E-state index in [0.717, 1.165) is 11.0 Å². The molecule has 0 bridgehead atoms. The van der Waals surface area contributed by atoms with Gasteiger partial charge in [-0.1, -0.05) is 15.9 Å². The van der Waals surface area contributed by atoms with E-state index in [0.29, 0.717) is 12.1 Å². The van der Waals surface area contributed by atoms with Crippen LogP contribution in [-0.2, 0) is 0 Å². The molecule has 0 heterocycles. The van der Waals surface area contributed by atoms with Crippen molar-refractivity contribution in [2.45, 2.75) is 6.04 Å². The van der Waals surface area contributed by atoms with Crippen molar-refractivity contribution in [2.75, 3.05) is 33.8 Å². The van der Waals surface area contributed by atoms with E-state index in [1.807, 2.05) is 19.0 Å². The summed E-state index contributed by atoms with van der Waals surface area (Å²) in [6.45, 7) is 1.41. The summed E-state index contributed by atoms with van der Waals surface area (Å²) in [5, 5.41) is 12.4. The van der Waals surface area contributed by atoms with E-state index in [4.69, 9.17) is 0 Å². The molecule has 1 atom stereocenters. The van der Waals surface area contributed by atoms with Crippen LogP contribution in [0.4, 0.5) is 4.39 Å². The van der Waals surface area contributed by atoms with Gasteiger partial charge >= 0.3 is 0 Å². The predicted octanol–water partition coefficient (Wildman–Crippen LogP) is 1.77. The highest BCUT2D eigenvalue weighted by Crippen LogP contribution is 2.21. The zero-order chi connectivity index (χ0) is 12.8. The SMILES string of the molecule is CN(C)CCNC(CO)c1cc(Br)ccc1F. The van der Waals surface area contributed by atoms with E-state index in [-0.39, 0.29) is 18.5 Å². The number of aliphatic hydroxyl groups is 1. The van der Waals surface area contributed by atoms with Crippen LogP contribution in [0.2, 0.25) is 0 Å². The summed E-state index contributed by atoms with van der Waals surface area (Å²) in [5.74, 6) is -0.301. The van der Waals surface area contributed by atoms with E-state index in [1.165, 1.54) is 6.07 Å². The lowest BCUT2D eigenvalue weighted by atomic mass is 10.1. The predicted molar refractivity (Wildman–Crippen MR) is 70.5 cm³/mol. The second kappa shape index (κ2) is 7.06. The molecule has 0 fully saturated rings. The van der Waals surface area contributed by atoms with Gasteiger partial charge in [0.05, 0.1) is 12.6 Å². The van der Waals surface area contributed by atoms with Crippen molar-refractivity contribution < 1.29 is 9.50 Å². The van der Waals surface area contributed by atoms with Gasteiger partial charge in [-0.2, -0.15) is 0 Å². The molecule has 0 aromatic heterocycles. The maximum absolute atomic E-state index is 13.6. The molecule has 1 rings (SSSR count). The van der Waals surface area contributed by atoms with Gasteiger partial charge in [-0.05, 0) is 32.3 Å². The molecule has 0 aliphatic rings. The number of nitrogens with one attached hydrogen (secondary N) is 1. The van der Waals surface area contributed by atoms with Crippen LogP contribution in [0.5, 0.6) is 0 Å². The van der Waals surface area contributed by atoms with E-state index in [9.17, 15) is 9.50 Å². The van der Waals surface area contributed by atoms with Crippen molar-refractivity contribution in [1.82, 2.24) is 10.2 Å². The Bertz CT molecular complexity index is 360. The zero-order valence-electron chi connectivity index (χ0n) is 10.1. The monoisotopic (exact) mass is 304 g/mol. The topological polar surface area (TPSA) is 35.5 Å². The lowest BCUT2D eigenvalue weighted by Crippen LogP contribution is -2.32. The van der Waals surface area contributed by atoms with Crippen LogP contribution in [0.15, 0.2) is 22.7 Å². The Balaban J connectivity index is 2.68. The van der Waals surface area contributed by atoms with Crippen molar-refractivity contribution in [3.8, 4) is 0 Å². The van der Waals surface area contributed by atoms with Gasteiger partial charge in [0, 0.05) is 23.1 Å². The Morgan fingerprint density at radius 2 is 2.18 bits per heavy atom. The van der Waals surface area contributed by atoms with Crippen molar-refractivity contribution in [1.29, 1.82) is 0 Å². The molecule has 2 N–H and O–H groups in total. The van der Waals surface area contributed by atoms with Gasteiger partial charge in [0.2, 0.25) is 0 Å². The van der Waals surface area contributed by atoms with E-state index < -0.39 is 0 Å². The molecular weight excluding hydrogens is 287 g/mol. The van der Waals surface area contributed by atoms with Crippen LogP contribution in [0.1, 0.15) is 11.6 Å². The molecule has 0 aliphatic carbocycles. The molecule has 0 radical (unpaired) electrons. The number of benzene rings is 1. The Morgan fingerprint density at radius 3 is 2.76 bits per heavy atom. The first-order valence-corrected chi connectivity index (χ1v) is 6.28. The first-order valence-electron chi connectivity index (χ1n) is 5.48. The smallest absolute Gasteiger partial charge is 0.128 e. The fourth-order valence-corrected chi connectivity index (χ4v) is 1.90. The van der Waals surface area contributed by atoms with Gasteiger partial charge in [-0.25, -0.2) is 4.39 Å². The zero-order valence-corrected chi connectivity index (χ0v) is 11.7. The number of hydrogen-bond donors (Lipinski definition) is 2. The molecule has 0 spiro atoms. The number of halogens is 2. The summed E-state index contributed by atoms with van der Waals surface area (Å²) < 4.78 is 14.4. The van der Waals surface area contributed by atoms with E-state index in [1.54, 1.807) is 12.1 Å². The average molecular weight is 305 g/mol. The number of rotatable bonds is 6. The van der Waals surface area contributed by atoms with Crippen molar-refractivity contribution >= 4 is 15.9 Å². The third-order valence-electron chi connectivity index (χ3n) is 2.47. The van der Waals surface area contributed by atoms with E-state index >= 15 is 0 Å². The summed E-state index contributed by atoms with van der Waals surface area (Å²) in [6, 6.07) is 4.37. The standard InChI is InChI=1S/C12H18BrFN2O/c1-16(2)6-5-15-12(8-17)10-7-9(13)3-4-11(10)14/h3-4,7,12,15,17H,5-6,8H2,1-2H3. The highest BCUT2D eigenvalue weighted by Gasteiger charge is 2.14. The average Bonchev–Trinajstić information content (AvgIpc) is 2.28. The maximum atomic E-state index is 13.6. The summed E-state index contributed by atoms with van der Waals surface area (Å²) >= 11 is 3.30. The lowest BCUT2D eigenvalue weighted by Gasteiger charge is -2.19. The third kappa shape index (κ3) is 4.71. The molecule has 5 heteroatoms. The third-order valence-corrected chi connectivity index (χ3v) is 2.96. The van der Waals surface area contributed by atoms with Crippen LogP contribution >= 0.6 is 15.9 Å². The van der Waals surface area contributed by atoms with Gasteiger partial charge in [-0.15, -0.1) is 0 Å². The summed E-state index contributed by atoms with van der Waals surface area (Å²) in [4.78, 5) is 2.03. The van der Waals surface area contributed by atoms with Crippen LogP contribution in [-0.4, -0.2) is 43.8 Å². The molecule has 1 aromatic rings. The molecule has 3 nitrogen and oxygen atoms in total. The molecule has 1 aromatic carbocycles. The fourth-order valence-electron chi connectivity index (χ4n) is 1.52. The number of likely N-dealkylation sites (N-methyl/N-ethyl adjacent to an activating group) is 1. The molecule has 0 saturated heterocycles. The van der Waals surface area contributed by atoms with E-state index in [2.05, 4.69) is 21.2 Å². The fraction of sp³-hybridized carbons (Fsp3) is 0.500.